The van der Waals surface area contributed by atoms with Crippen molar-refractivity contribution in [3.05, 3.63) is 35.5 Å². The second kappa shape index (κ2) is 6.45. The molecule has 110 valence electrons. The Hall–Kier alpha value is -1.28. The second-order valence-electron chi connectivity index (χ2n) is 5.54. The van der Waals surface area contributed by atoms with Crippen LogP contribution in [0.3, 0.4) is 0 Å². The Morgan fingerprint density at radius 1 is 1.20 bits per heavy atom. The average molecular weight is 273 g/mol. The Balaban J connectivity index is 0.000000704. The third kappa shape index (κ3) is 2.49. The molecule has 0 radical (unpaired) electrons. The van der Waals surface area contributed by atoms with Gasteiger partial charge in [0, 0.05) is 30.3 Å². The number of methoxy groups -OCH3 is 1. The van der Waals surface area contributed by atoms with E-state index in [1.54, 1.807) is 5.56 Å². The van der Waals surface area contributed by atoms with Gasteiger partial charge >= 0.3 is 0 Å². The molecule has 1 aromatic carbocycles. The predicted molar refractivity (Wildman–Crippen MR) is 86.5 cm³/mol. The van der Waals surface area contributed by atoms with Gasteiger partial charge in [-0.3, -0.25) is 0 Å². The van der Waals surface area contributed by atoms with Gasteiger partial charge in [0.15, 0.2) is 0 Å². The van der Waals surface area contributed by atoms with Gasteiger partial charge in [-0.15, -0.1) is 0 Å². The summed E-state index contributed by atoms with van der Waals surface area (Å²) >= 11 is 0. The summed E-state index contributed by atoms with van der Waals surface area (Å²) in [5.74, 6) is 0.588. The summed E-state index contributed by atoms with van der Waals surface area (Å²) in [6, 6.07) is 8.78. The molecule has 0 aliphatic carbocycles. The minimum atomic E-state index is 0.369. The highest BCUT2D eigenvalue weighted by Crippen LogP contribution is 2.35. The predicted octanol–water partition coefficient (Wildman–Crippen LogP) is 4.75. The molecule has 20 heavy (non-hydrogen) atoms. The van der Waals surface area contributed by atoms with Gasteiger partial charge < -0.3 is 9.30 Å². The number of nitrogens with zero attached hydrogens (tertiary/aromatic N) is 1. The zero-order chi connectivity index (χ0) is 14.7. The molecule has 1 aliphatic rings. The number of benzene rings is 1. The van der Waals surface area contributed by atoms with Crippen LogP contribution in [0.4, 0.5) is 0 Å². The van der Waals surface area contributed by atoms with Crippen molar-refractivity contribution in [3.8, 4) is 0 Å². The largest absolute Gasteiger partial charge is 0.380 e. The van der Waals surface area contributed by atoms with Crippen molar-refractivity contribution >= 4 is 10.9 Å². The number of hydrogen-bond donors (Lipinski definition) is 0. The lowest BCUT2D eigenvalue weighted by atomic mass is 9.96. The zero-order valence-corrected chi connectivity index (χ0v) is 13.4. The lowest BCUT2D eigenvalue weighted by Crippen LogP contribution is -2.26. The van der Waals surface area contributed by atoms with Crippen molar-refractivity contribution < 1.29 is 4.74 Å². The van der Waals surface area contributed by atoms with Crippen LogP contribution < -0.4 is 0 Å². The number of fused-ring (bicyclic) bond motifs is 3. The molecular weight excluding hydrogens is 246 g/mol. The van der Waals surface area contributed by atoms with Crippen LogP contribution in [0.15, 0.2) is 24.3 Å². The highest BCUT2D eigenvalue weighted by molar-refractivity contribution is 5.86. The van der Waals surface area contributed by atoms with E-state index in [0.717, 1.165) is 19.4 Å². The summed E-state index contributed by atoms with van der Waals surface area (Å²) in [6.45, 7) is 9.59. The molecule has 0 saturated carbocycles. The van der Waals surface area contributed by atoms with Crippen LogP contribution in [0, 0.1) is 0 Å². The minimum Gasteiger partial charge on any atom is -0.380 e. The smallest absolute Gasteiger partial charge is 0.0754 e. The van der Waals surface area contributed by atoms with Gasteiger partial charge in [0.1, 0.15) is 0 Å². The summed E-state index contributed by atoms with van der Waals surface area (Å²) in [4.78, 5) is 0. The monoisotopic (exact) mass is 273 g/mol. The summed E-state index contributed by atoms with van der Waals surface area (Å²) in [7, 11) is 1.82. The Kier molecular flexibility index (Phi) is 4.87. The summed E-state index contributed by atoms with van der Waals surface area (Å²) in [5, 5.41) is 1.43. The third-order valence-electron chi connectivity index (χ3n) is 4.12. The molecule has 0 N–H and O–H groups in total. The maximum atomic E-state index is 5.55. The van der Waals surface area contributed by atoms with Crippen LogP contribution in [0.25, 0.3) is 10.9 Å². The molecular formula is C18H27NO. The first-order valence-corrected chi connectivity index (χ1v) is 7.85. The molecule has 0 amide bonds. The van der Waals surface area contributed by atoms with Gasteiger partial charge in [0.2, 0.25) is 0 Å². The Labute approximate surface area is 122 Å². The van der Waals surface area contributed by atoms with E-state index < -0.39 is 0 Å². The highest BCUT2D eigenvalue weighted by Gasteiger charge is 2.25. The Morgan fingerprint density at radius 2 is 1.90 bits per heavy atom. The lowest BCUT2D eigenvalue weighted by molar-refractivity contribution is 0.0723. The molecule has 0 bridgehead atoms. The molecule has 0 fully saturated rings. The number of rotatable bonds is 2. The van der Waals surface area contributed by atoms with E-state index in [4.69, 9.17) is 4.74 Å². The molecule has 2 nitrogen and oxygen atoms in total. The van der Waals surface area contributed by atoms with Crippen LogP contribution in [0.5, 0.6) is 0 Å². The van der Waals surface area contributed by atoms with Crippen LogP contribution in [0.1, 0.15) is 51.3 Å². The fraction of sp³-hybridized carbons (Fsp3) is 0.556. The number of ether oxygens (including phenoxy) is 1. The van der Waals surface area contributed by atoms with Crippen LogP contribution in [-0.2, 0) is 17.7 Å². The first kappa shape index (κ1) is 15.1. The number of hydrogen-bond acceptors (Lipinski definition) is 1. The van der Waals surface area contributed by atoms with Gasteiger partial charge in [-0.2, -0.15) is 0 Å². The standard InChI is InChI=1S/C16H21NO.C2H6/c1-11(2)16-13-6-4-5-7-14(13)17-10-12(18-3)8-9-15(16)17;1-2/h4-7,11-12H,8-10H2,1-3H3;1-2H3. The SMILES string of the molecule is CC.COC1CCc2c(C(C)C)c3ccccc3n2C1. The maximum Gasteiger partial charge on any atom is 0.0754 e. The van der Waals surface area contributed by atoms with Crippen molar-refractivity contribution in [2.24, 2.45) is 0 Å². The summed E-state index contributed by atoms with van der Waals surface area (Å²) < 4.78 is 8.02. The van der Waals surface area contributed by atoms with Gasteiger partial charge in [-0.1, -0.05) is 45.9 Å². The molecule has 1 aliphatic heterocycles. The number of para-hydroxylation sites is 1. The van der Waals surface area contributed by atoms with Crippen molar-refractivity contribution in [1.29, 1.82) is 0 Å². The highest BCUT2D eigenvalue weighted by atomic mass is 16.5. The summed E-state index contributed by atoms with van der Waals surface area (Å²) in [5.41, 5.74) is 4.44. The van der Waals surface area contributed by atoms with E-state index >= 15 is 0 Å². The van der Waals surface area contributed by atoms with E-state index in [9.17, 15) is 0 Å². The third-order valence-corrected chi connectivity index (χ3v) is 4.12. The minimum absolute atomic E-state index is 0.369. The van der Waals surface area contributed by atoms with Gasteiger partial charge in [-0.05, 0) is 30.4 Å². The van der Waals surface area contributed by atoms with Crippen LogP contribution >= 0.6 is 0 Å². The molecule has 2 heteroatoms. The topological polar surface area (TPSA) is 14.2 Å². The Morgan fingerprint density at radius 3 is 2.55 bits per heavy atom. The quantitative estimate of drug-likeness (QED) is 0.770. The first-order valence-electron chi connectivity index (χ1n) is 7.85. The summed E-state index contributed by atoms with van der Waals surface area (Å²) in [6.07, 6.45) is 2.65. The molecule has 3 rings (SSSR count). The molecule has 0 saturated heterocycles. The second-order valence-corrected chi connectivity index (χ2v) is 5.54. The van der Waals surface area contributed by atoms with Crippen LogP contribution in [0.2, 0.25) is 0 Å². The van der Waals surface area contributed by atoms with Crippen molar-refractivity contribution in [1.82, 2.24) is 4.57 Å². The van der Waals surface area contributed by atoms with Gasteiger partial charge in [0.25, 0.3) is 0 Å². The molecule has 1 atom stereocenters. The van der Waals surface area contributed by atoms with E-state index in [0.29, 0.717) is 12.0 Å². The molecule has 2 aromatic rings. The lowest BCUT2D eigenvalue weighted by Gasteiger charge is -2.25. The molecule has 2 heterocycles. The molecule has 1 aromatic heterocycles. The van der Waals surface area contributed by atoms with Crippen molar-refractivity contribution in [3.63, 3.8) is 0 Å². The maximum absolute atomic E-state index is 5.55. The van der Waals surface area contributed by atoms with Gasteiger partial charge in [-0.25, -0.2) is 0 Å². The van der Waals surface area contributed by atoms with E-state index in [-0.39, 0.29) is 0 Å². The van der Waals surface area contributed by atoms with E-state index in [1.807, 2.05) is 21.0 Å². The normalized spacial score (nSPS) is 17.8. The fourth-order valence-corrected chi connectivity index (χ4v) is 3.29. The first-order chi connectivity index (χ1) is 9.72. The zero-order valence-electron chi connectivity index (χ0n) is 13.4. The van der Waals surface area contributed by atoms with Gasteiger partial charge in [0.05, 0.1) is 6.10 Å². The molecule has 0 spiro atoms. The van der Waals surface area contributed by atoms with Crippen molar-refractivity contribution in [2.45, 2.75) is 59.1 Å². The van der Waals surface area contributed by atoms with Crippen LogP contribution in [-0.4, -0.2) is 17.8 Å². The molecule has 1 unspecified atom stereocenters. The van der Waals surface area contributed by atoms with Crippen molar-refractivity contribution in [2.75, 3.05) is 7.11 Å². The fourth-order valence-electron chi connectivity index (χ4n) is 3.29. The Bertz CT molecular complexity index is 568. The van der Waals surface area contributed by atoms with E-state index in [2.05, 4.69) is 42.7 Å². The number of aromatic nitrogens is 1. The van der Waals surface area contributed by atoms with E-state index in [1.165, 1.54) is 16.6 Å². The average Bonchev–Trinajstić information content (AvgIpc) is 2.83.